The predicted molar refractivity (Wildman–Crippen MR) is 78.6 cm³/mol. The molecule has 0 aromatic heterocycles. The number of epoxide rings is 2. The first-order valence-electron chi connectivity index (χ1n) is 8.13. The zero-order valence-electron chi connectivity index (χ0n) is 13.5. The van der Waals surface area contributed by atoms with Crippen LogP contribution >= 0.6 is 0 Å². The largest absolute Gasteiger partial charge is 0.373 e. The molecule has 6 atom stereocenters. The summed E-state index contributed by atoms with van der Waals surface area (Å²) in [7, 11) is 3.17. The summed E-state index contributed by atoms with van der Waals surface area (Å²) in [5, 5.41) is 0. The van der Waals surface area contributed by atoms with E-state index < -0.39 is 12.2 Å². The Labute approximate surface area is 130 Å². The van der Waals surface area contributed by atoms with Crippen LogP contribution in [0.5, 0.6) is 0 Å². The van der Waals surface area contributed by atoms with Crippen LogP contribution in [-0.2, 0) is 23.7 Å². The van der Waals surface area contributed by atoms with Crippen molar-refractivity contribution in [3.63, 3.8) is 0 Å². The zero-order valence-corrected chi connectivity index (χ0v) is 13.5. The second-order valence-electron chi connectivity index (χ2n) is 7.21. The lowest BCUT2D eigenvalue weighted by Gasteiger charge is -2.40. The van der Waals surface area contributed by atoms with Crippen LogP contribution in [0, 0.1) is 5.92 Å². The number of Topliss-reactive ketones (excluding diaryl/α,β-unsaturated/α-hetero) is 1. The number of allylic oxidation sites excluding steroid dienone is 1. The number of carbonyl (C=O) groups is 1. The van der Waals surface area contributed by atoms with Crippen molar-refractivity contribution in [2.75, 3.05) is 20.8 Å². The maximum absolute atomic E-state index is 12.6. The molecular formula is C17H24O5. The maximum atomic E-state index is 12.6. The van der Waals surface area contributed by atoms with Crippen molar-refractivity contribution in [1.29, 1.82) is 0 Å². The van der Waals surface area contributed by atoms with Gasteiger partial charge >= 0.3 is 0 Å². The molecule has 2 heterocycles. The van der Waals surface area contributed by atoms with E-state index in [1.807, 2.05) is 0 Å². The van der Waals surface area contributed by atoms with Gasteiger partial charge in [-0.3, -0.25) is 4.79 Å². The molecule has 0 N–H and O–H groups in total. The first-order valence-corrected chi connectivity index (χ1v) is 8.13. The molecule has 6 unspecified atom stereocenters. The maximum Gasteiger partial charge on any atom is 0.190 e. The van der Waals surface area contributed by atoms with E-state index in [4.69, 9.17) is 18.9 Å². The molecule has 0 aromatic rings. The Hall–Kier alpha value is -0.750. The fourth-order valence-corrected chi connectivity index (χ4v) is 4.21. The van der Waals surface area contributed by atoms with E-state index in [9.17, 15) is 4.79 Å². The molecule has 0 aromatic carbocycles. The molecule has 2 aliphatic heterocycles. The van der Waals surface area contributed by atoms with Crippen molar-refractivity contribution in [3.05, 3.63) is 11.6 Å². The SMILES string of the molecule is COC1CC2(CO2)C(C2(C)OC2CC=C2CC2)C(OC)C1=O. The predicted octanol–water partition coefficient (Wildman–Crippen LogP) is 1.64. The highest BCUT2D eigenvalue weighted by atomic mass is 16.6. The summed E-state index contributed by atoms with van der Waals surface area (Å²) in [6.07, 6.45) is 5.51. The monoisotopic (exact) mass is 308 g/mol. The summed E-state index contributed by atoms with van der Waals surface area (Å²) >= 11 is 0. The van der Waals surface area contributed by atoms with Gasteiger partial charge in [0.25, 0.3) is 0 Å². The average Bonchev–Trinajstić information content (AvgIpc) is 3.37. The minimum atomic E-state index is -0.509. The number of rotatable bonds is 5. The minimum Gasteiger partial charge on any atom is -0.373 e. The van der Waals surface area contributed by atoms with E-state index in [0.717, 1.165) is 6.42 Å². The van der Waals surface area contributed by atoms with Gasteiger partial charge in [-0.05, 0) is 26.2 Å². The van der Waals surface area contributed by atoms with Gasteiger partial charge in [0.2, 0.25) is 0 Å². The van der Waals surface area contributed by atoms with Gasteiger partial charge in [-0.15, -0.1) is 0 Å². The highest BCUT2D eigenvalue weighted by Gasteiger charge is 2.73. The van der Waals surface area contributed by atoms with Gasteiger partial charge < -0.3 is 18.9 Å². The van der Waals surface area contributed by atoms with Crippen LogP contribution in [0.1, 0.15) is 32.6 Å². The van der Waals surface area contributed by atoms with Crippen LogP contribution in [0.2, 0.25) is 0 Å². The average molecular weight is 308 g/mol. The standard InChI is InChI=1S/C17H24O5/c1-16(12(22-16)7-6-10-4-5-10)15-14(20-3)13(18)11(19-2)8-17(15)9-21-17/h6,11-12,14-15H,4-5,7-9H2,1-3H3. The Morgan fingerprint density at radius 3 is 2.59 bits per heavy atom. The minimum absolute atomic E-state index is 0.0205. The van der Waals surface area contributed by atoms with Gasteiger partial charge in [0.05, 0.1) is 18.6 Å². The molecular weight excluding hydrogens is 284 g/mol. The zero-order chi connectivity index (χ0) is 15.5. The van der Waals surface area contributed by atoms with E-state index in [1.165, 1.54) is 18.4 Å². The molecule has 2 saturated carbocycles. The van der Waals surface area contributed by atoms with E-state index in [2.05, 4.69) is 13.0 Å². The third-order valence-corrected chi connectivity index (χ3v) is 5.81. The van der Waals surface area contributed by atoms with Crippen LogP contribution < -0.4 is 0 Å². The van der Waals surface area contributed by atoms with Crippen LogP contribution in [0.3, 0.4) is 0 Å². The van der Waals surface area contributed by atoms with E-state index in [-0.39, 0.29) is 29.0 Å². The molecule has 4 aliphatic rings. The summed E-state index contributed by atoms with van der Waals surface area (Å²) in [5.74, 6) is -0.0290. The van der Waals surface area contributed by atoms with Gasteiger partial charge in [0.15, 0.2) is 5.78 Å². The third kappa shape index (κ3) is 2.18. The second-order valence-corrected chi connectivity index (χ2v) is 7.21. The van der Waals surface area contributed by atoms with Crippen molar-refractivity contribution >= 4 is 5.78 Å². The van der Waals surface area contributed by atoms with Gasteiger partial charge in [-0.2, -0.15) is 0 Å². The molecule has 22 heavy (non-hydrogen) atoms. The lowest BCUT2D eigenvalue weighted by Crippen LogP contribution is -2.58. The molecule has 5 heteroatoms. The summed E-state index contributed by atoms with van der Waals surface area (Å²) in [4.78, 5) is 12.6. The van der Waals surface area contributed by atoms with Crippen molar-refractivity contribution in [3.8, 4) is 0 Å². The van der Waals surface area contributed by atoms with E-state index in [0.29, 0.717) is 13.0 Å². The molecule has 4 rings (SSSR count). The fraction of sp³-hybridized carbons (Fsp3) is 0.824. The number of carbonyl (C=O) groups excluding carboxylic acids is 1. The molecule has 5 nitrogen and oxygen atoms in total. The lowest BCUT2D eigenvalue weighted by atomic mass is 9.68. The summed E-state index contributed by atoms with van der Waals surface area (Å²) in [6.45, 7) is 2.76. The number of methoxy groups -OCH3 is 2. The summed E-state index contributed by atoms with van der Waals surface area (Å²) in [5.41, 5.74) is 0.876. The Morgan fingerprint density at radius 2 is 2.05 bits per heavy atom. The number of ketones is 1. The summed E-state index contributed by atoms with van der Waals surface area (Å²) in [6, 6.07) is 0. The second kappa shape index (κ2) is 4.87. The van der Waals surface area contributed by atoms with Crippen LogP contribution in [-0.4, -0.2) is 56.1 Å². The number of hydrogen-bond donors (Lipinski definition) is 0. The van der Waals surface area contributed by atoms with Crippen LogP contribution in [0.25, 0.3) is 0 Å². The van der Waals surface area contributed by atoms with Crippen molar-refractivity contribution in [2.45, 2.75) is 62.1 Å². The Balaban J connectivity index is 1.56. The molecule has 2 aliphatic carbocycles. The topological polar surface area (TPSA) is 60.6 Å². The van der Waals surface area contributed by atoms with Crippen LogP contribution in [0.4, 0.5) is 0 Å². The highest BCUT2D eigenvalue weighted by molar-refractivity contribution is 5.89. The molecule has 0 bridgehead atoms. The van der Waals surface area contributed by atoms with Gasteiger partial charge in [-0.1, -0.05) is 11.6 Å². The van der Waals surface area contributed by atoms with Crippen molar-refractivity contribution in [2.24, 2.45) is 5.92 Å². The van der Waals surface area contributed by atoms with Crippen LogP contribution in [0.15, 0.2) is 11.6 Å². The quantitative estimate of drug-likeness (QED) is 0.571. The highest BCUT2D eigenvalue weighted by Crippen LogP contribution is 2.59. The van der Waals surface area contributed by atoms with E-state index >= 15 is 0 Å². The normalized spacial score (nSPS) is 49.4. The van der Waals surface area contributed by atoms with Gasteiger partial charge in [-0.25, -0.2) is 0 Å². The molecule has 0 amide bonds. The van der Waals surface area contributed by atoms with Gasteiger partial charge in [0, 0.05) is 20.6 Å². The summed E-state index contributed by atoms with van der Waals surface area (Å²) < 4.78 is 22.8. The Bertz CT molecular complexity index is 517. The van der Waals surface area contributed by atoms with Gasteiger partial charge in [0.1, 0.15) is 23.4 Å². The number of ether oxygens (including phenoxy) is 4. The first-order chi connectivity index (χ1) is 10.5. The smallest absolute Gasteiger partial charge is 0.190 e. The fourth-order valence-electron chi connectivity index (χ4n) is 4.21. The lowest BCUT2D eigenvalue weighted by molar-refractivity contribution is -0.157. The van der Waals surface area contributed by atoms with Crippen molar-refractivity contribution < 1.29 is 23.7 Å². The molecule has 1 spiro atoms. The van der Waals surface area contributed by atoms with Crippen molar-refractivity contribution in [1.82, 2.24) is 0 Å². The molecule has 0 radical (unpaired) electrons. The molecule has 122 valence electrons. The third-order valence-electron chi connectivity index (χ3n) is 5.81. The Morgan fingerprint density at radius 1 is 1.32 bits per heavy atom. The number of hydrogen-bond acceptors (Lipinski definition) is 5. The first kappa shape index (κ1) is 14.8. The van der Waals surface area contributed by atoms with E-state index in [1.54, 1.807) is 14.2 Å². The molecule has 2 saturated heterocycles. The Kier molecular flexibility index (Phi) is 3.28. The molecule has 4 fully saturated rings.